The molecule has 4 heteroatoms. The van der Waals surface area contributed by atoms with Gasteiger partial charge in [0.1, 0.15) is 0 Å². The van der Waals surface area contributed by atoms with Crippen molar-refractivity contribution in [3.05, 3.63) is 0 Å². The van der Waals surface area contributed by atoms with Crippen LogP contribution in [0.3, 0.4) is 0 Å². The van der Waals surface area contributed by atoms with Gasteiger partial charge in [0.15, 0.2) is 0 Å². The summed E-state index contributed by atoms with van der Waals surface area (Å²) in [4.78, 5) is 0. The molecule has 0 bridgehead atoms. The van der Waals surface area contributed by atoms with E-state index in [0.717, 1.165) is 18.5 Å². The fraction of sp³-hybridized carbons (Fsp3) is 1.00. The van der Waals surface area contributed by atoms with Crippen molar-refractivity contribution in [3.63, 3.8) is 0 Å². The Morgan fingerprint density at radius 1 is 1.18 bits per heavy atom. The molecule has 0 unspecified atom stereocenters. The molecule has 0 saturated heterocycles. The van der Waals surface area contributed by atoms with Crippen LogP contribution in [0.25, 0.3) is 0 Å². The largest absolute Gasteiger partial charge is 0.398 e. The Balaban J connectivity index is 3.96. The molecule has 0 rings (SSSR count). The molecule has 11 heavy (non-hydrogen) atoms. The van der Waals surface area contributed by atoms with Gasteiger partial charge in [-0.15, -0.1) is 0 Å². The van der Waals surface area contributed by atoms with Crippen LogP contribution in [0.2, 0.25) is 12.1 Å². The normalized spacial score (nSPS) is 12.0. The summed E-state index contributed by atoms with van der Waals surface area (Å²) in [6.45, 7) is 2.80. The van der Waals surface area contributed by atoms with Crippen molar-refractivity contribution in [2.24, 2.45) is 5.73 Å². The van der Waals surface area contributed by atoms with E-state index in [1.807, 2.05) is 0 Å². The van der Waals surface area contributed by atoms with Crippen molar-refractivity contribution >= 4 is 8.56 Å². The molecular formula is C7H19NO2Si. The Morgan fingerprint density at radius 2 is 1.73 bits per heavy atom. The minimum absolute atomic E-state index is 0.661. The van der Waals surface area contributed by atoms with Crippen molar-refractivity contribution in [3.8, 4) is 0 Å². The SMILES string of the molecule is CCC[Si](CCN)(OC)OC. The van der Waals surface area contributed by atoms with Gasteiger partial charge in [-0.05, 0) is 12.6 Å². The highest BCUT2D eigenvalue weighted by Gasteiger charge is 2.32. The van der Waals surface area contributed by atoms with Crippen LogP contribution in [-0.2, 0) is 8.85 Å². The molecule has 0 aliphatic carbocycles. The zero-order valence-corrected chi connectivity index (χ0v) is 8.72. The highest BCUT2D eigenvalue weighted by atomic mass is 28.4. The van der Waals surface area contributed by atoms with Gasteiger partial charge in [-0.3, -0.25) is 0 Å². The molecule has 0 aromatic carbocycles. The Morgan fingerprint density at radius 3 is 2.00 bits per heavy atom. The Kier molecular flexibility index (Phi) is 5.76. The molecule has 0 amide bonds. The predicted octanol–water partition coefficient (Wildman–Crippen LogP) is 1.09. The fourth-order valence-corrected chi connectivity index (χ4v) is 3.65. The zero-order chi connectivity index (χ0) is 8.74. The summed E-state index contributed by atoms with van der Waals surface area (Å²) in [5.74, 6) is 0. The van der Waals surface area contributed by atoms with Crippen molar-refractivity contribution in [2.45, 2.75) is 25.4 Å². The van der Waals surface area contributed by atoms with Crippen LogP contribution in [0.4, 0.5) is 0 Å². The number of hydrogen-bond acceptors (Lipinski definition) is 3. The molecule has 0 aromatic rings. The molecule has 0 aliphatic rings. The first-order chi connectivity index (χ1) is 5.24. The van der Waals surface area contributed by atoms with E-state index in [-0.39, 0.29) is 0 Å². The molecule has 0 atom stereocenters. The van der Waals surface area contributed by atoms with E-state index in [4.69, 9.17) is 14.6 Å². The summed E-state index contributed by atoms with van der Waals surface area (Å²) in [5, 5.41) is 0. The van der Waals surface area contributed by atoms with Gasteiger partial charge in [0.2, 0.25) is 0 Å². The first-order valence-corrected chi connectivity index (χ1v) is 6.28. The average molecular weight is 177 g/mol. The minimum atomic E-state index is -1.87. The lowest BCUT2D eigenvalue weighted by Gasteiger charge is -2.26. The summed E-state index contributed by atoms with van der Waals surface area (Å²) >= 11 is 0. The van der Waals surface area contributed by atoms with Crippen LogP contribution in [0.15, 0.2) is 0 Å². The molecule has 0 spiro atoms. The summed E-state index contributed by atoms with van der Waals surface area (Å²) < 4.78 is 10.8. The molecule has 68 valence electrons. The molecule has 0 aliphatic heterocycles. The Labute approximate surface area is 70.1 Å². The maximum absolute atomic E-state index is 5.47. The molecule has 2 N–H and O–H groups in total. The van der Waals surface area contributed by atoms with Crippen LogP contribution in [0, 0.1) is 0 Å². The van der Waals surface area contributed by atoms with E-state index in [1.54, 1.807) is 14.2 Å². The third-order valence-corrected chi connectivity index (χ3v) is 5.70. The van der Waals surface area contributed by atoms with E-state index in [9.17, 15) is 0 Å². The first-order valence-electron chi connectivity index (χ1n) is 4.05. The van der Waals surface area contributed by atoms with Crippen molar-refractivity contribution < 1.29 is 8.85 Å². The van der Waals surface area contributed by atoms with Crippen molar-refractivity contribution in [1.82, 2.24) is 0 Å². The molecule has 0 heterocycles. The van der Waals surface area contributed by atoms with Crippen LogP contribution >= 0.6 is 0 Å². The second-order valence-electron chi connectivity index (χ2n) is 2.61. The standard InChI is InChI=1S/C7H19NO2Si/c1-4-6-11(9-2,10-3)7-5-8/h4-8H2,1-3H3. The zero-order valence-electron chi connectivity index (χ0n) is 7.72. The van der Waals surface area contributed by atoms with E-state index in [1.165, 1.54) is 0 Å². The molecule has 0 aromatic heterocycles. The fourth-order valence-electron chi connectivity index (χ4n) is 1.22. The second-order valence-corrected chi connectivity index (χ2v) is 6.25. The summed E-state index contributed by atoms with van der Waals surface area (Å²) in [5.41, 5.74) is 5.47. The van der Waals surface area contributed by atoms with Gasteiger partial charge >= 0.3 is 8.56 Å². The van der Waals surface area contributed by atoms with E-state index >= 15 is 0 Å². The molecule has 0 fully saturated rings. The minimum Gasteiger partial charge on any atom is -0.398 e. The Hall–Kier alpha value is 0.0969. The van der Waals surface area contributed by atoms with E-state index in [2.05, 4.69) is 6.92 Å². The lowest BCUT2D eigenvalue weighted by atomic mass is 10.6. The van der Waals surface area contributed by atoms with Crippen molar-refractivity contribution in [1.29, 1.82) is 0 Å². The lowest BCUT2D eigenvalue weighted by molar-refractivity contribution is 0.241. The van der Waals surface area contributed by atoms with Gasteiger partial charge in [0, 0.05) is 20.3 Å². The van der Waals surface area contributed by atoms with Crippen molar-refractivity contribution in [2.75, 3.05) is 20.8 Å². The monoisotopic (exact) mass is 177 g/mol. The maximum Gasteiger partial charge on any atom is 0.338 e. The van der Waals surface area contributed by atoms with Gasteiger partial charge in [0.25, 0.3) is 0 Å². The Bertz CT molecular complexity index is 88.4. The second kappa shape index (κ2) is 5.71. The smallest absolute Gasteiger partial charge is 0.338 e. The number of rotatable bonds is 6. The van der Waals surface area contributed by atoms with Crippen LogP contribution in [-0.4, -0.2) is 29.3 Å². The van der Waals surface area contributed by atoms with Crippen LogP contribution in [0.5, 0.6) is 0 Å². The van der Waals surface area contributed by atoms with Gasteiger partial charge in [-0.2, -0.15) is 0 Å². The molecular weight excluding hydrogens is 158 g/mol. The summed E-state index contributed by atoms with van der Waals surface area (Å²) in [6, 6.07) is 1.94. The molecule has 0 saturated carbocycles. The van der Waals surface area contributed by atoms with Crippen LogP contribution < -0.4 is 5.73 Å². The highest BCUT2D eigenvalue weighted by Crippen LogP contribution is 2.17. The average Bonchev–Trinajstić information content (AvgIpc) is 2.04. The van der Waals surface area contributed by atoms with Crippen LogP contribution in [0.1, 0.15) is 13.3 Å². The van der Waals surface area contributed by atoms with E-state index < -0.39 is 8.56 Å². The topological polar surface area (TPSA) is 44.5 Å². The first kappa shape index (κ1) is 11.1. The summed E-state index contributed by atoms with van der Waals surface area (Å²) in [6.07, 6.45) is 1.11. The maximum atomic E-state index is 5.47. The van der Waals surface area contributed by atoms with Gasteiger partial charge in [0.05, 0.1) is 0 Å². The van der Waals surface area contributed by atoms with E-state index in [0.29, 0.717) is 6.54 Å². The third kappa shape index (κ3) is 3.33. The van der Waals surface area contributed by atoms with Gasteiger partial charge < -0.3 is 14.6 Å². The quantitative estimate of drug-likeness (QED) is 0.618. The third-order valence-electron chi connectivity index (χ3n) is 1.90. The molecule has 0 radical (unpaired) electrons. The molecule has 3 nitrogen and oxygen atoms in total. The van der Waals surface area contributed by atoms with Gasteiger partial charge in [-0.1, -0.05) is 13.3 Å². The predicted molar refractivity (Wildman–Crippen MR) is 48.7 cm³/mol. The summed E-state index contributed by atoms with van der Waals surface area (Å²) in [7, 11) is 1.58. The highest BCUT2D eigenvalue weighted by molar-refractivity contribution is 6.67. The number of hydrogen-bond donors (Lipinski definition) is 1. The van der Waals surface area contributed by atoms with Gasteiger partial charge in [-0.25, -0.2) is 0 Å². The number of nitrogens with two attached hydrogens (primary N) is 1. The lowest BCUT2D eigenvalue weighted by Crippen LogP contribution is -2.41.